The Labute approximate surface area is 80.8 Å². The Hall–Kier alpha value is -0.890. The second-order valence-corrected chi connectivity index (χ2v) is 3.35. The molecule has 0 heterocycles. The van der Waals surface area contributed by atoms with E-state index in [1.165, 1.54) is 12.1 Å². The molecule has 1 aromatic rings. The molecule has 0 bridgehead atoms. The zero-order chi connectivity index (χ0) is 9.84. The molecule has 0 aromatic heterocycles. The Balaban J connectivity index is 2.89. The highest BCUT2D eigenvalue weighted by Gasteiger charge is 2.00. The summed E-state index contributed by atoms with van der Waals surface area (Å²) >= 11 is 5.62. The van der Waals surface area contributed by atoms with E-state index in [1.54, 1.807) is 13.0 Å². The highest BCUT2D eigenvalue weighted by molar-refractivity contribution is 6.30. The van der Waals surface area contributed by atoms with Gasteiger partial charge in [-0.3, -0.25) is 0 Å². The quantitative estimate of drug-likeness (QED) is 0.683. The summed E-state index contributed by atoms with van der Waals surface area (Å²) in [5, 5.41) is 0.335. The average Bonchev–Trinajstić information content (AvgIpc) is 2.02. The second kappa shape index (κ2) is 4.38. The number of benzene rings is 1. The lowest BCUT2D eigenvalue weighted by atomic mass is 10.1. The van der Waals surface area contributed by atoms with Gasteiger partial charge in [-0.15, -0.1) is 0 Å². The fourth-order valence-electron chi connectivity index (χ4n) is 1.07. The van der Waals surface area contributed by atoms with Gasteiger partial charge >= 0.3 is 0 Å². The SMILES string of the molecule is C/C(=C/F)Cc1cc(F)cc(Cl)c1. The van der Waals surface area contributed by atoms with Gasteiger partial charge in [-0.05, 0) is 42.7 Å². The van der Waals surface area contributed by atoms with Crippen LogP contribution in [0.15, 0.2) is 30.1 Å². The van der Waals surface area contributed by atoms with E-state index in [0.717, 1.165) is 0 Å². The summed E-state index contributed by atoms with van der Waals surface area (Å²) in [7, 11) is 0. The van der Waals surface area contributed by atoms with Gasteiger partial charge in [0.2, 0.25) is 0 Å². The van der Waals surface area contributed by atoms with E-state index < -0.39 is 5.82 Å². The van der Waals surface area contributed by atoms with Gasteiger partial charge in [0, 0.05) is 5.02 Å². The van der Waals surface area contributed by atoms with E-state index in [2.05, 4.69) is 0 Å². The van der Waals surface area contributed by atoms with Crippen LogP contribution in [0.1, 0.15) is 12.5 Å². The molecule has 0 N–H and O–H groups in total. The molecule has 0 aliphatic carbocycles. The van der Waals surface area contributed by atoms with E-state index in [-0.39, 0.29) is 0 Å². The molecule has 0 amide bonds. The van der Waals surface area contributed by atoms with Crippen LogP contribution >= 0.6 is 11.6 Å². The number of rotatable bonds is 2. The van der Waals surface area contributed by atoms with Crippen molar-refractivity contribution in [3.63, 3.8) is 0 Å². The standard InChI is InChI=1S/C10H9ClF2/c1-7(6-12)2-8-3-9(11)5-10(13)4-8/h3-6H,2H2,1H3/b7-6-. The molecule has 0 saturated heterocycles. The van der Waals surface area contributed by atoms with Crippen molar-refractivity contribution in [3.8, 4) is 0 Å². The van der Waals surface area contributed by atoms with Crippen molar-refractivity contribution >= 4 is 11.6 Å². The molecule has 13 heavy (non-hydrogen) atoms. The summed E-state index contributed by atoms with van der Waals surface area (Å²) in [5.41, 5.74) is 1.22. The lowest BCUT2D eigenvalue weighted by molar-refractivity contribution is 0.625. The van der Waals surface area contributed by atoms with Crippen LogP contribution in [0.2, 0.25) is 5.02 Å². The first-order valence-corrected chi connectivity index (χ1v) is 4.20. The monoisotopic (exact) mass is 202 g/mol. The third kappa shape index (κ3) is 3.15. The van der Waals surface area contributed by atoms with Crippen molar-refractivity contribution < 1.29 is 8.78 Å². The smallest absolute Gasteiger partial charge is 0.124 e. The average molecular weight is 203 g/mol. The fourth-order valence-corrected chi connectivity index (χ4v) is 1.32. The minimum Gasteiger partial charge on any atom is -0.216 e. The number of hydrogen-bond acceptors (Lipinski definition) is 0. The molecule has 0 aliphatic heterocycles. The third-order valence-corrected chi connectivity index (χ3v) is 1.81. The maximum absolute atomic E-state index is 12.8. The van der Waals surface area contributed by atoms with Gasteiger partial charge in [-0.2, -0.15) is 0 Å². The van der Waals surface area contributed by atoms with Crippen LogP contribution in [-0.2, 0) is 6.42 Å². The normalized spacial score (nSPS) is 11.8. The van der Waals surface area contributed by atoms with Gasteiger partial charge in [0.1, 0.15) is 5.82 Å². The van der Waals surface area contributed by atoms with E-state index in [4.69, 9.17) is 11.6 Å². The van der Waals surface area contributed by atoms with Gasteiger partial charge < -0.3 is 0 Å². The summed E-state index contributed by atoms with van der Waals surface area (Å²) in [6.45, 7) is 1.64. The van der Waals surface area contributed by atoms with Crippen molar-refractivity contribution in [2.75, 3.05) is 0 Å². The summed E-state index contributed by atoms with van der Waals surface area (Å²) in [4.78, 5) is 0. The molecule has 0 radical (unpaired) electrons. The molecular formula is C10H9ClF2. The number of hydrogen-bond donors (Lipinski definition) is 0. The Morgan fingerprint density at radius 1 is 1.46 bits per heavy atom. The van der Waals surface area contributed by atoms with Crippen LogP contribution < -0.4 is 0 Å². The first kappa shape index (κ1) is 10.2. The van der Waals surface area contributed by atoms with E-state index >= 15 is 0 Å². The minimum atomic E-state index is -0.394. The molecule has 0 atom stereocenters. The van der Waals surface area contributed by atoms with Crippen LogP contribution in [0.25, 0.3) is 0 Å². The van der Waals surface area contributed by atoms with Crippen LogP contribution in [0, 0.1) is 5.82 Å². The highest BCUT2D eigenvalue weighted by Crippen LogP contribution is 2.16. The Morgan fingerprint density at radius 2 is 2.15 bits per heavy atom. The van der Waals surface area contributed by atoms with Crippen molar-refractivity contribution in [2.45, 2.75) is 13.3 Å². The van der Waals surface area contributed by atoms with E-state index in [1.807, 2.05) is 0 Å². The van der Waals surface area contributed by atoms with E-state index in [9.17, 15) is 8.78 Å². The Morgan fingerprint density at radius 3 is 2.69 bits per heavy atom. The predicted octanol–water partition coefficient (Wildman–Crippen LogP) is 3.89. The first-order chi connectivity index (χ1) is 6.11. The maximum atomic E-state index is 12.8. The molecule has 70 valence electrons. The number of allylic oxidation sites excluding steroid dienone is 1. The zero-order valence-electron chi connectivity index (χ0n) is 7.15. The first-order valence-electron chi connectivity index (χ1n) is 3.82. The Kier molecular flexibility index (Phi) is 3.43. The van der Waals surface area contributed by atoms with Crippen LogP contribution in [0.4, 0.5) is 8.78 Å². The van der Waals surface area contributed by atoms with Gasteiger partial charge in [0.25, 0.3) is 0 Å². The summed E-state index contributed by atoms with van der Waals surface area (Å²) < 4.78 is 24.8. The molecule has 3 heteroatoms. The second-order valence-electron chi connectivity index (χ2n) is 2.91. The van der Waals surface area contributed by atoms with Crippen molar-refractivity contribution in [3.05, 3.63) is 46.5 Å². The zero-order valence-corrected chi connectivity index (χ0v) is 7.91. The highest BCUT2D eigenvalue weighted by atomic mass is 35.5. The largest absolute Gasteiger partial charge is 0.216 e. The van der Waals surface area contributed by atoms with E-state index in [0.29, 0.717) is 28.9 Å². The predicted molar refractivity (Wildman–Crippen MR) is 50.0 cm³/mol. The van der Waals surface area contributed by atoms with Gasteiger partial charge in [-0.25, -0.2) is 8.78 Å². The summed E-state index contributed by atoms with van der Waals surface area (Å²) in [5.74, 6) is -0.394. The maximum Gasteiger partial charge on any atom is 0.124 e. The van der Waals surface area contributed by atoms with Crippen molar-refractivity contribution in [1.29, 1.82) is 0 Å². The molecule has 0 unspecified atom stereocenters. The van der Waals surface area contributed by atoms with Crippen LogP contribution in [-0.4, -0.2) is 0 Å². The molecule has 0 spiro atoms. The molecule has 0 fully saturated rings. The van der Waals surface area contributed by atoms with Crippen molar-refractivity contribution in [2.24, 2.45) is 0 Å². The molecule has 0 nitrogen and oxygen atoms in total. The van der Waals surface area contributed by atoms with Crippen LogP contribution in [0.5, 0.6) is 0 Å². The molecule has 1 rings (SSSR count). The molecule has 0 aliphatic rings. The van der Waals surface area contributed by atoms with Crippen molar-refractivity contribution in [1.82, 2.24) is 0 Å². The molecular weight excluding hydrogens is 194 g/mol. The van der Waals surface area contributed by atoms with Crippen LogP contribution in [0.3, 0.4) is 0 Å². The number of halogens is 3. The summed E-state index contributed by atoms with van der Waals surface area (Å²) in [6.07, 6.45) is 0.896. The fraction of sp³-hybridized carbons (Fsp3) is 0.200. The van der Waals surface area contributed by atoms with Gasteiger partial charge in [0.05, 0.1) is 6.33 Å². The lowest BCUT2D eigenvalue weighted by Crippen LogP contribution is -1.88. The summed E-state index contributed by atoms with van der Waals surface area (Å²) in [6, 6.07) is 4.19. The molecule has 0 saturated carbocycles. The molecule has 1 aromatic carbocycles. The third-order valence-electron chi connectivity index (χ3n) is 1.59. The van der Waals surface area contributed by atoms with Gasteiger partial charge in [0.15, 0.2) is 0 Å². The minimum absolute atomic E-state index is 0.335. The Bertz CT molecular complexity index is 311. The topological polar surface area (TPSA) is 0 Å². The van der Waals surface area contributed by atoms with Gasteiger partial charge in [-0.1, -0.05) is 11.6 Å². The lowest BCUT2D eigenvalue weighted by Gasteiger charge is -2.01.